The van der Waals surface area contributed by atoms with Crippen molar-refractivity contribution in [3.05, 3.63) is 35.9 Å². The van der Waals surface area contributed by atoms with Crippen LogP contribution >= 0.6 is 0 Å². The molecule has 3 rings (SSSR count). The first-order valence-corrected chi connectivity index (χ1v) is 18.9. The van der Waals surface area contributed by atoms with E-state index in [1.54, 1.807) is 41.5 Å². The number of carbonyl (C=O) groups excluding carboxylic acids is 4. The molecule has 0 aliphatic carbocycles. The summed E-state index contributed by atoms with van der Waals surface area (Å²) in [4.78, 5) is 56.5. The number of unbranched alkanes of at least 4 members (excludes halogenated alkanes) is 1. The number of nitrogens with one attached hydrogen (secondary N) is 2. The topological polar surface area (TPSA) is 142 Å². The van der Waals surface area contributed by atoms with Gasteiger partial charge in [-0.05, 0) is 99.9 Å². The van der Waals surface area contributed by atoms with E-state index in [2.05, 4.69) is 10.6 Å². The lowest BCUT2D eigenvalue weighted by Crippen LogP contribution is -2.65. The van der Waals surface area contributed by atoms with Crippen molar-refractivity contribution >= 4 is 31.2 Å². The van der Waals surface area contributed by atoms with E-state index in [-0.39, 0.29) is 37.8 Å². The maximum atomic E-state index is 14.5. The average molecular weight is 730 g/mol. The maximum absolute atomic E-state index is 14.5. The minimum Gasteiger partial charge on any atom is -0.459 e. The fourth-order valence-corrected chi connectivity index (χ4v) is 6.45. The third-order valence-electron chi connectivity index (χ3n) is 10.1. The summed E-state index contributed by atoms with van der Waals surface area (Å²) >= 11 is 0. The lowest BCUT2D eigenvalue weighted by atomic mass is 9.77. The third-order valence-corrected chi connectivity index (χ3v) is 10.1. The molecule has 2 aliphatic heterocycles. The lowest BCUT2D eigenvalue weighted by molar-refractivity contribution is -0.164. The minimum atomic E-state index is -1.45. The molecule has 0 radical (unpaired) electrons. The normalized spacial score (nSPS) is 22.6. The van der Waals surface area contributed by atoms with Gasteiger partial charge in [-0.2, -0.15) is 0 Å². The number of carbonyl (C=O) groups is 4. The Labute approximate surface area is 311 Å². The van der Waals surface area contributed by atoms with E-state index in [1.807, 2.05) is 71.9 Å². The van der Waals surface area contributed by atoms with Crippen LogP contribution in [0.25, 0.3) is 0 Å². The van der Waals surface area contributed by atoms with E-state index in [0.717, 1.165) is 5.56 Å². The zero-order chi connectivity index (χ0) is 39.1. The number of likely N-dealkylation sites (tertiary alicyclic amines) is 1. The van der Waals surface area contributed by atoms with Gasteiger partial charge in [0.05, 0.1) is 11.2 Å². The summed E-state index contributed by atoms with van der Waals surface area (Å²) in [7, 11) is -0.402. The molecule has 3 amide bonds. The predicted octanol–water partition coefficient (Wildman–Crippen LogP) is 7.19. The van der Waals surface area contributed by atoms with Gasteiger partial charge in [0.25, 0.3) is 0 Å². The highest BCUT2D eigenvalue weighted by Gasteiger charge is 2.54. The summed E-state index contributed by atoms with van der Waals surface area (Å²) in [6, 6.07) is 7.98. The van der Waals surface area contributed by atoms with Crippen LogP contribution in [0.15, 0.2) is 30.3 Å². The molecule has 1 aromatic carbocycles. The van der Waals surface area contributed by atoms with Crippen molar-refractivity contribution < 1.29 is 42.7 Å². The molecule has 0 aromatic heterocycles. The number of ether oxygens (including phenoxy) is 3. The van der Waals surface area contributed by atoms with Gasteiger partial charge in [0.2, 0.25) is 5.91 Å². The minimum absolute atomic E-state index is 0.0183. The Bertz CT molecular complexity index is 1360. The van der Waals surface area contributed by atoms with Gasteiger partial charge in [-0.3, -0.25) is 9.69 Å². The summed E-state index contributed by atoms with van der Waals surface area (Å²) in [5.41, 5.74) is -3.12. The number of alkyl carbamates (subject to hydrolysis) is 1. The number of rotatable bonds is 13. The van der Waals surface area contributed by atoms with Gasteiger partial charge >= 0.3 is 25.3 Å². The predicted molar refractivity (Wildman–Crippen MR) is 200 cm³/mol. The first-order valence-electron chi connectivity index (χ1n) is 18.9. The van der Waals surface area contributed by atoms with Crippen LogP contribution in [0.3, 0.4) is 0 Å². The number of amides is 3. The summed E-state index contributed by atoms with van der Waals surface area (Å²) in [6.45, 7) is 22.7. The molecule has 4 atom stereocenters. The van der Waals surface area contributed by atoms with E-state index in [1.165, 1.54) is 4.90 Å². The molecule has 2 heterocycles. The fourth-order valence-electron chi connectivity index (χ4n) is 6.45. The zero-order valence-electron chi connectivity index (χ0n) is 33.7. The number of benzene rings is 1. The van der Waals surface area contributed by atoms with Gasteiger partial charge in [-0.15, -0.1) is 0 Å². The summed E-state index contributed by atoms with van der Waals surface area (Å²) < 4.78 is 29.7. The fraction of sp³-hybridized carbons (Fsp3) is 0.744. The zero-order valence-corrected chi connectivity index (χ0v) is 33.7. The van der Waals surface area contributed by atoms with Gasteiger partial charge in [0.1, 0.15) is 29.4 Å². The molecule has 0 bridgehead atoms. The van der Waals surface area contributed by atoms with Crippen LogP contribution in [-0.4, -0.2) is 82.7 Å². The Morgan fingerprint density at radius 2 is 1.54 bits per heavy atom. The van der Waals surface area contributed by atoms with Crippen LogP contribution < -0.4 is 10.6 Å². The highest BCUT2D eigenvalue weighted by Crippen LogP contribution is 2.40. The largest absolute Gasteiger partial charge is 0.459 e. The highest BCUT2D eigenvalue weighted by atomic mass is 16.7. The summed E-state index contributed by atoms with van der Waals surface area (Å²) in [5.74, 6) is -1.16. The molecular formula is C39H64BN3O9. The molecule has 52 heavy (non-hydrogen) atoms. The van der Waals surface area contributed by atoms with Crippen molar-refractivity contribution in [2.75, 3.05) is 6.54 Å². The quantitative estimate of drug-likeness (QED) is 0.0934. The monoisotopic (exact) mass is 729 g/mol. The van der Waals surface area contributed by atoms with E-state index in [0.29, 0.717) is 32.0 Å². The Kier molecular flexibility index (Phi) is 14.3. The van der Waals surface area contributed by atoms with E-state index in [9.17, 15) is 19.2 Å². The second kappa shape index (κ2) is 17.2. The van der Waals surface area contributed by atoms with Gasteiger partial charge in [-0.25, -0.2) is 14.4 Å². The van der Waals surface area contributed by atoms with Crippen LogP contribution in [0.2, 0.25) is 6.32 Å². The second-order valence-electron chi connectivity index (χ2n) is 17.4. The van der Waals surface area contributed by atoms with Crippen molar-refractivity contribution in [3.63, 3.8) is 0 Å². The lowest BCUT2D eigenvalue weighted by Gasteiger charge is -2.48. The Morgan fingerprint density at radius 1 is 0.942 bits per heavy atom. The molecule has 12 nitrogen and oxygen atoms in total. The van der Waals surface area contributed by atoms with Gasteiger partial charge in [0, 0.05) is 19.0 Å². The molecule has 0 saturated carbocycles. The molecule has 1 aromatic rings. The van der Waals surface area contributed by atoms with Crippen LogP contribution in [0.1, 0.15) is 127 Å². The Hall–Kier alpha value is -3.32. The van der Waals surface area contributed by atoms with E-state index in [4.69, 9.17) is 23.5 Å². The number of nitrogens with zero attached hydrogens (tertiary/aromatic N) is 1. The Balaban J connectivity index is 1.92. The van der Waals surface area contributed by atoms with Crippen molar-refractivity contribution in [2.24, 2.45) is 5.92 Å². The third kappa shape index (κ3) is 11.8. The Morgan fingerprint density at radius 3 is 2.10 bits per heavy atom. The molecule has 0 unspecified atom stereocenters. The number of esters is 1. The SMILES string of the molecule is CC[C@H](C)[C@H](NC(=O)OC(C)(C)C)C(=O)N[C@H]1CCN(C(=O)OC(C)(C)C)[C@@](CCCCB2OC(C)(C)C(C)(C)O2)(C(=O)OCc2ccccc2)C1. The van der Waals surface area contributed by atoms with Crippen molar-refractivity contribution in [1.82, 2.24) is 15.5 Å². The maximum Gasteiger partial charge on any atom is 0.457 e. The first kappa shape index (κ1) is 43.1. The molecule has 13 heteroatoms. The van der Waals surface area contributed by atoms with E-state index < -0.39 is 65.3 Å². The molecule has 292 valence electrons. The first-order chi connectivity index (χ1) is 24.0. The van der Waals surface area contributed by atoms with Crippen molar-refractivity contribution in [2.45, 2.75) is 175 Å². The molecular weight excluding hydrogens is 665 g/mol. The van der Waals surface area contributed by atoms with Gasteiger partial charge in [-0.1, -0.05) is 63.4 Å². The average Bonchev–Trinajstić information content (AvgIpc) is 3.24. The van der Waals surface area contributed by atoms with Crippen LogP contribution in [-0.2, 0) is 39.7 Å². The number of hydrogen-bond donors (Lipinski definition) is 2. The molecule has 0 spiro atoms. The summed E-state index contributed by atoms with van der Waals surface area (Å²) in [5, 5.41) is 5.87. The van der Waals surface area contributed by atoms with Gasteiger partial charge in [0.15, 0.2) is 0 Å². The standard InChI is InChI=1S/C39H64BN3O9/c1-13-27(2)30(42-33(46)49-35(3,4)5)31(44)41-29-21-24-43(34(47)50-36(6,7)8)39(25-29,32(45)48-26-28-19-15-14-16-20-28)22-17-18-23-40-51-37(9,10)38(11,12)52-40/h14-16,19-20,27,29-30H,13,17-18,21-26H2,1-12H3,(H,41,44)(H,42,46)/t27-,29-,30-,39+/m0/s1. The van der Waals surface area contributed by atoms with Crippen LogP contribution in [0, 0.1) is 5.92 Å². The molecule has 2 saturated heterocycles. The van der Waals surface area contributed by atoms with Crippen LogP contribution in [0.4, 0.5) is 9.59 Å². The van der Waals surface area contributed by atoms with E-state index >= 15 is 0 Å². The number of hydrogen-bond acceptors (Lipinski definition) is 9. The van der Waals surface area contributed by atoms with Crippen LogP contribution in [0.5, 0.6) is 0 Å². The van der Waals surface area contributed by atoms with Crippen molar-refractivity contribution in [1.29, 1.82) is 0 Å². The van der Waals surface area contributed by atoms with Gasteiger partial charge < -0.3 is 34.2 Å². The molecule has 2 aliphatic rings. The summed E-state index contributed by atoms with van der Waals surface area (Å²) in [6.07, 6.45) is 1.84. The molecule has 2 N–H and O–H groups in total. The highest BCUT2D eigenvalue weighted by molar-refractivity contribution is 6.45. The number of piperidine rings is 1. The second-order valence-corrected chi connectivity index (χ2v) is 17.4. The molecule has 2 fully saturated rings. The smallest absolute Gasteiger partial charge is 0.457 e. The van der Waals surface area contributed by atoms with Crippen molar-refractivity contribution in [3.8, 4) is 0 Å².